The maximum atomic E-state index is 6.37. The Morgan fingerprint density at radius 1 is 0.483 bits per heavy atom. The van der Waals surface area contributed by atoms with E-state index in [2.05, 4.69) is 180 Å². The molecule has 7 fully saturated rings. The third-order valence-electron chi connectivity index (χ3n) is 21.0. The molecule has 16 unspecified atom stereocenters. The van der Waals surface area contributed by atoms with Gasteiger partial charge in [0.1, 0.15) is 0 Å². The van der Waals surface area contributed by atoms with Crippen molar-refractivity contribution in [3.8, 4) is 0 Å². The summed E-state index contributed by atoms with van der Waals surface area (Å²) >= 11 is 0. The monoisotopic (exact) mass is 835 g/mol. The molecule has 0 spiro atoms. The molecular formula is C56H98O4. The summed E-state index contributed by atoms with van der Waals surface area (Å²) in [7, 11) is 0. The van der Waals surface area contributed by atoms with Gasteiger partial charge in [-0.2, -0.15) is 0 Å². The summed E-state index contributed by atoms with van der Waals surface area (Å²) in [6.07, 6.45) is 6.17. The second kappa shape index (κ2) is 15.9. The number of rotatable bonds is 4. The summed E-state index contributed by atoms with van der Waals surface area (Å²) < 4.78 is 25.2. The van der Waals surface area contributed by atoms with Gasteiger partial charge in [-0.25, -0.2) is 0 Å². The molecule has 8 rings (SSSR count). The van der Waals surface area contributed by atoms with Crippen LogP contribution in [0.15, 0.2) is 33.4 Å². The Balaban J connectivity index is 0.000000152. The number of hydrogen-bond donors (Lipinski definition) is 0. The van der Waals surface area contributed by atoms with E-state index in [1.165, 1.54) is 16.7 Å². The summed E-state index contributed by atoms with van der Waals surface area (Å²) in [6, 6.07) is 0. The Bertz CT molecular complexity index is 1710. The van der Waals surface area contributed by atoms with Crippen molar-refractivity contribution in [3.63, 3.8) is 0 Å². The van der Waals surface area contributed by atoms with E-state index >= 15 is 0 Å². The highest BCUT2D eigenvalue weighted by molar-refractivity contribution is 5.40. The molecule has 4 aliphatic heterocycles. The topological polar surface area (TPSA) is 36.9 Å². The Kier molecular flexibility index (Phi) is 13.3. The zero-order valence-electron chi connectivity index (χ0n) is 44.4. The van der Waals surface area contributed by atoms with Gasteiger partial charge in [0.25, 0.3) is 0 Å². The number of hydrogen-bond acceptors (Lipinski definition) is 4. The first-order chi connectivity index (χ1) is 27.3. The van der Waals surface area contributed by atoms with Gasteiger partial charge in [-0.15, -0.1) is 0 Å². The molecule has 8 bridgehead atoms. The van der Waals surface area contributed by atoms with Crippen molar-refractivity contribution in [2.45, 2.75) is 253 Å². The average Bonchev–Trinajstić information content (AvgIpc) is 3.89. The zero-order valence-corrected chi connectivity index (χ0v) is 44.4. The molecule has 0 radical (unpaired) electrons. The maximum absolute atomic E-state index is 6.37. The fraction of sp³-hybridized carbons (Fsp3) is 0.893. The first-order valence-corrected chi connectivity index (χ1v) is 25.1. The molecule has 346 valence electrons. The first kappa shape index (κ1) is 50.1. The smallest absolute Gasteiger partial charge is 0.0929 e. The van der Waals surface area contributed by atoms with Gasteiger partial charge in [-0.05, 0) is 158 Å². The van der Waals surface area contributed by atoms with Crippen molar-refractivity contribution in [1.82, 2.24) is 0 Å². The normalized spacial score (nSPS) is 47.5. The van der Waals surface area contributed by atoms with Crippen LogP contribution in [0.3, 0.4) is 0 Å². The lowest BCUT2D eigenvalue weighted by Gasteiger charge is -2.53. The molecule has 0 aromatic carbocycles. The van der Waals surface area contributed by atoms with E-state index in [4.69, 9.17) is 18.9 Å². The Morgan fingerprint density at radius 3 is 1.32 bits per heavy atom. The van der Waals surface area contributed by atoms with Crippen LogP contribution in [0.5, 0.6) is 0 Å². The SMILES string of the molecule is CCC12OC(C)C(C(=C(C)C)C1(C)C)C2C.CCC12OC(C)C(C(C)=C1C)C2C.CCC12OC(C)C(C1C)C(C)(C)C2(C)C.CCC12OC(C)C(C1C)C(C)(C)C2=C(C)C. The van der Waals surface area contributed by atoms with E-state index in [-0.39, 0.29) is 33.2 Å². The molecule has 4 heteroatoms. The standard InChI is InChI=1S/2C15H26O.C14H26O.C12H20O/c1-8-15-10(4)12(11(5)16-15)14(6,7)13(15)9(2)3;1-8-15-10(4)12(11(5)16-15)13(9(2)3)14(15,6)7;1-8-14-9(2)11(10(3)15-14)12(4,5)13(14,6)7;1-6-12-8(3)7(2)11(9(12)4)10(5)13-12/h2*10-12H,8H2,1-7H3;9-11H,8H2,1-7H3;9-11H,6H2,1-5H3. The Hall–Kier alpha value is -0.940. The highest BCUT2D eigenvalue weighted by Crippen LogP contribution is 2.72. The first-order valence-electron chi connectivity index (χ1n) is 25.1. The summed E-state index contributed by atoms with van der Waals surface area (Å²) in [5, 5.41) is 0. The van der Waals surface area contributed by atoms with Crippen LogP contribution in [0.2, 0.25) is 0 Å². The van der Waals surface area contributed by atoms with Gasteiger partial charge >= 0.3 is 0 Å². The van der Waals surface area contributed by atoms with Crippen molar-refractivity contribution in [2.75, 3.05) is 0 Å². The zero-order chi connectivity index (χ0) is 46.0. The predicted octanol–water partition coefficient (Wildman–Crippen LogP) is 15.4. The van der Waals surface area contributed by atoms with Crippen LogP contribution in [-0.2, 0) is 18.9 Å². The minimum atomic E-state index is 0.0341. The fourth-order valence-electron chi connectivity index (χ4n) is 18.5. The minimum Gasteiger partial charge on any atom is -0.371 e. The molecule has 0 aromatic heterocycles. The molecule has 16 atom stereocenters. The van der Waals surface area contributed by atoms with Crippen LogP contribution in [0.25, 0.3) is 0 Å². The Morgan fingerprint density at radius 2 is 0.950 bits per heavy atom. The molecule has 4 saturated heterocycles. The molecule has 60 heavy (non-hydrogen) atoms. The molecule has 0 aromatic rings. The number of ether oxygens (including phenoxy) is 4. The second-order valence-corrected chi connectivity index (χ2v) is 24.3. The summed E-state index contributed by atoms with van der Waals surface area (Å²) in [6.45, 7) is 60.4. The van der Waals surface area contributed by atoms with Crippen molar-refractivity contribution < 1.29 is 18.9 Å². The van der Waals surface area contributed by atoms with Crippen LogP contribution < -0.4 is 0 Å². The molecule has 4 heterocycles. The van der Waals surface area contributed by atoms with Crippen LogP contribution >= 0.6 is 0 Å². The summed E-state index contributed by atoms with van der Waals surface area (Å²) in [5.41, 5.74) is 10.8. The van der Waals surface area contributed by atoms with Crippen molar-refractivity contribution in [2.24, 2.45) is 69.0 Å². The van der Waals surface area contributed by atoms with Crippen molar-refractivity contribution >= 4 is 0 Å². The molecule has 3 saturated carbocycles. The molecule has 0 N–H and O–H groups in total. The van der Waals surface area contributed by atoms with Gasteiger partial charge < -0.3 is 18.9 Å². The van der Waals surface area contributed by atoms with Crippen molar-refractivity contribution in [1.29, 1.82) is 0 Å². The third kappa shape index (κ3) is 6.20. The van der Waals surface area contributed by atoms with Crippen molar-refractivity contribution in [3.05, 3.63) is 33.4 Å². The average molecular weight is 835 g/mol. The van der Waals surface area contributed by atoms with Crippen LogP contribution in [0.4, 0.5) is 0 Å². The lowest BCUT2D eigenvalue weighted by atomic mass is 9.60. The molecule has 4 aliphatic carbocycles. The largest absolute Gasteiger partial charge is 0.371 e. The molecule has 8 aliphatic rings. The van der Waals surface area contributed by atoms with E-state index in [0.717, 1.165) is 25.7 Å². The summed E-state index contributed by atoms with van der Waals surface area (Å²) in [5.74, 6) is 5.42. The van der Waals surface area contributed by atoms with E-state index in [1.54, 1.807) is 16.7 Å². The van der Waals surface area contributed by atoms with Crippen LogP contribution in [-0.4, -0.2) is 46.8 Å². The summed E-state index contributed by atoms with van der Waals surface area (Å²) in [4.78, 5) is 0. The maximum Gasteiger partial charge on any atom is 0.0929 e. The van der Waals surface area contributed by atoms with Gasteiger partial charge in [-0.1, -0.05) is 133 Å². The highest BCUT2D eigenvalue weighted by Gasteiger charge is 2.73. The molecule has 0 amide bonds. The van der Waals surface area contributed by atoms with Gasteiger partial charge in [0, 0.05) is 17.3 Å². The number of allylic oxidation sites excluding steroid dienone is 2. The van der Waals surface area contributed by atoms with E-state index in [0.29, 0.717) is 82.6 Å². The van der Waals surface area contributed by atoms with E-state index in [9.17, 15) is 0 Å². The quantitative estimate of drug-likeness (QED) is 0.264. The van der Waals surface area contributed by atoms with Gasteiger partial charge in [-0.3, -0.25) is 0 Å². The van der Waals surface area contributed by atoms with E-state index in [1.807, 2.05) is 0 Å². The van der Waals surface area contributed by atoms with Crippen LogP contribution in [0, 0.1) is 69.0 Å². The molecule has 4 nitrogen and oxygen atoms in total. The number of fused-ring (bicyclic) bond motifs is 8. The lowest BCUT2D eigenvalue weighted by molar-refractivity contribution is -0.190. The lowest BCUT2D eigenvalue weighted by Crippen LogP contribution is -2.53. The molecular weight excluding hydrogens is 737 g/mol. The second-order valence-electron chi connectivity index (χ2n) is 24.3. The third-order valence-corrected chi connectivity index (χ3v) is 21.0. The minimum absolute atomic E-state index is 0.0341. The predicted molar refractivity (Wildman–Crippen MR) is 255 cm³/mol. The van der Waals surface area contributed by atoms with Crippen LogP contribution in [0.1, 0.15) is 206 Å². The highest BCUT2D eigenvalue weighted by atomic mass is 16.5. The van der Waals surface area contributed by atoms with Gasteiger partial charge in [0.2, 0.25) is 0 Å². The Labute approximate surface area is 372 Å². The fourth-order valence-corrected chi connectivity index (χ4v) is 18.5. The van der Waals surface area contributed by atoms with E-state index < -0.39 is 0 Å². The van der Waals surface area contributed by atoms with Gasteiger partial charge in [0.05, 0.1) is 46.8 Å². The van der Waals surface area contributed by atoms with Gasteiger partial charge in [0.15, 0.2) is 0 Å².